The van der Waals surface area contributed by atoms with Crippen LogP contribution in [0.15, 0.2) is 42.5 Å². The van der Waals surface area contributed by atoms with Crippen LogP contribution in [-0.2, 0) is 25.4 Å². The Balaban J connectivity index is 1.59. The van der Waals surface area contributed by atoms with Crippen LogP contribution in [-0.4, -0.2) is 74.2 Å². The van der Waals surface area contributed by atoms with Gasteiger partial charge in [0.15, 0.2) is 0 Å². The molecule has 0 aliphatic carbocycles. The maximum atomic E-state index is 13.5. The van der Waals surface area contributed by atoms with Crippen molar-refractivity contribution in [2.75, 3.05) is 6.54 Å². The van der Waals surface area contributed by atoms with E-state index in [1.54, 1.807) is 6.07 Å². The number of amides is 3. The Kier molecular flexibility index (Phi) is 8.12. The minimum absolute atomic E-state index is 0.00793. The van der Waals surface area contributed by atoms with Crippen molar-refractivity contribution in [1.82, 2.24) is 15.5 Å². The second-order valence-electron chi connectivity index (χ2n) is 9.37. The topological polar surface area (TPSA) is 203 Å². The molecule has 3 amide bonds. The molecule has 2 aromatic rings. The number of carboxylic acids is 1. The normalized spacial score (nSPS) is 19.5. The molecule has 0 spiro atoms. The van der Waals surface area contributed by atoms with Gasteiger partial charge in [0.2, 0.25) is 17.7 Å². The number of hydrogen-bond acceptors (Lipinski definition) is 7. The van der Waals surface area contributed by atoms with Crippen molar-refractivity contribution in [3.8, 4) is 5.75 Å². The first kappa shape index (κ1) is 28.3. The number of benzene rings is 2. The number of carbonyl (C=O) groups is 4. The van der Waals surface area contributed by atoms with Crippen LogP contribution in [0.1, 0.15) is 47.3 Å². The summed E-state index contributed by atoms with van der Waals surface area (Å²) in [5, 5.41) is 24.9. The van der Waals surface area contributed by atoms with Crippen molar-refractivity contribution in [2.24, 2.45) is 0 Å². The van der Waals surface area contributed by atoms with Crippen LogP contribution in [0, 0.1) is 0 Å². The Morgan fingerprint density at radius 1 is 1.13 bits per heavy atom. The second kappa shape index (κ2) is 11.2. The Morgan fingerprint density at radius 2 is 1.82 bits per heavy atom. The lowest BCUT2D eigenvalue weighted by Crippen LogP contribution is -2.56. The van der Waals surface area contributed by atoms with Crippen molar-refractivity contribution in [2.45, 2.75) is 44.2 Å². The van der Waals surface area contributed by atoms with Crippen LogP contribution in [0.25, 0.3) is 0 Å². The van der Waals surface area contributed by atoms with Crippen LogP contribution in [0.2, 0.25) is 0 Å². The fourth-order valence-electron chi connectivity index (χ4n) is 4.80. The standard InChI is InChI=1S/C24H27BN3O10P/c1-13(29)28-11-3-6-18(28)22(30)27-20(14-7-9-16(10-8-14)39(35,36)37)23(31)26-19-12-15-4-2-5-17(24(32)33)21(15)38-25(19)34/h2,4-5,7-10,18-20,34H,3,6,11-12H2,1H3,(H,26,31)(H,27,30)(H,32,33)(H2,35,36,37)/t18?,19-,20?/m0/s1. The molecule has 0 saturated carbocycles. The van der Waals surface area contributed by atoms with E-state index < -0.39 is 50.5 Å². The Hall–Kier alpha value is -3.71. The van der Waals surface area contributed by atoms with E-state index in [-0.39, 0.29) is 34.5 Å². The Labute approximate surface area is 223 Å². The van der Waals surface area contributed by atoms with Gasteiger partial charge in [-0.25, -0.2) is 4.79 Å². The molecule has 2 aliphatic rings. The lowest BCUT2D eigenvalue weighted by molar-refractivity contribution is -0.138. The number of nitrogens with zero attached hydrogens (tertiary/aromatic N) is 1. The zero-order valence-electron chi connectivity index (χ0n) is 20.8. The third-order valence-electron chi connectivity index (χ3n) is 6.75. The first-order valence-corrected chi connectivity index (χ1v) is 13.7. The number of aromatic carboxylic acids is 1. The van der Waals surface area contributed by atoms with Crippen LogP contribution < -0.4 is 20.6 Å². The van der Waals surface area contributed by atoms with Gasteiger partial charge in [-0.05, 0) is 48.6 Å². The molecule has 4 rings (SSSR count). The third-order valence-corrected chi connectivity index (χ3v) is 7.72. The first-order valence-electron chi connectivity index (χ1n) is 12.1. The first-order chi connectivity index (χ1) is 18.4. The average molecular weight is 559 g/mol. The van der Waals surface area contributed by atoms with Gasteiger partial charge in [-0.1, -0.05) is 24.3 Å². The lowest BCUT2D eigenvalue weighted by Gasteiger charge is -2.31. The molecule has 13 nitrogen and oxygen atoms in total. The van der Waals surface area contributed by atoms with Crippen LogP contribution in [0.5, 0.6) is 5.75 Å². The molecule has 0 radical (unpaired) electrons. The molecule has 15 heteroatoms. The summed E-state index contributed by atoms with van der Waals surface area (Å²) in [6, 6.07) is 7.16. The van der Waals surface area contributed by atoms with E-state index in [1.807, 2.05) is 0 Å². The summed E-state index contributed by atoms with van der Waals surface area (Å²) in [6.45, 7) is 1.74. The number of rotatable bonds is 7. The minimum Gasteiger partial charge on any atom is -0.534 e. The fourth-order valence-corrected chi connectivity index (χ4v) is 5.34. The highest BCUT2D eigenvalue weighted by Crippen LogP contribution is 2.34. The molecule has 2 aliphatic heterocycles. The molecule has 1 saturated heterocycles. The van der Waals surface area contributed by atoms with Gasteiger partial charge in [-0.15, -0.1) is 0 Å². The van der Waals surface area contributed by atoms with Gasteiger partial charge in [0.25, 0.3) is 0 Å². The summed E-state index contributed by atoms with van der Waals surface area (Å²) in [6.07, 6.45) is 1.03. The molecule has 0 bridgehead atoms. The molecule has 2 unspecified atom stereocenters. The quantitative estimate of drug-likeness (QED) is 0.190. The Bertz CT molecular complexity index is 1350. The smallest absolute Gasteiger partial charge is 0.534 e. The zero-order chi connectivity index (χ0) is 28.5. The summed E-state index contributed by atoms with van der Waals surface area (Å²) >= 11 is 0. The molecule has 2 heterocycles. The lowest BCUT2D eigenvalue weighted by atomic mass is 9.72. The van der Waals surface area contributed by atoms with Crippen molar-refractivity contribution in [1.29, 1.82) is 0 Å². The molecule has 39 heavy (non-hydrogen) atoms. The molecule has 2 aromatic carbocycles. The Morgan fingerprint density at radius 3 is 2.44 bits per heavy atom. The van der Waals surface area contributed by atoms with E-state index in [0.29, 0.717) is 24.9 Å². The highest BCUT2D eigenvalue weighted by Gasteiger charge is 2.40. The monoisotopic (exact) mass is 559 g/mol. The van der Waals surface area contributed by atoms with Crippen LogP contribution in [0.4, 0.5) is 0 Å². The summed E-state index contributed by atoms with van der Waals surface area (Å²) < 4.78 is 17.0. The molecule has 6 N–H and O–H groups in total. The number of likely N-dealkylation sites (tertiary alicyclic amines) is 1. The van der Waals surface area contributed by atoms with Gasteiger partial charge in [0.05, 0.1) is 16.8 Å². The summed E-state index contributed by atoms with van der Waals surface area (Å²) in [5.41, 5.74) is 0.503. The number of carboxylic acid groups (broad SMARTS) is 1. The number of carbonyl (C=O) groups excluding carboxylic acids is 3. The predicted molar refractivity (Wildman–Crippen MR) is 137 cm³/mol. The van der Waals surface area contributed by atoms with Crippen molar-refractivity contribution in [3.63, 3.8) is 0 Å². The largest absolute Gasteiger partial charge is 0.547 e. The van der Waals surface area contributed by atoms with Crippen molar-refractivity contribution < 1.29 is 48.3 Å². The van der Waals surface area contributed by atoms with Gasteiger partial charge in [0, 0.05) is 13.5 Å². The molecule has 1 fully saturated rings. The van der Waals surface area contributed by atoms with E-state index in [1.165, 1.54) is 36.1 Å². The molecule has 3 atom stereocenters. The molecular weight excluding hydrogens is 532 g/mol. The fraction of sp³-hybridized carbons (Fsp3) is 0.333. The van der Waals surface area contributed by atoms with E-state index in [2.05, 4.69) is 10.6 Å². The highest BCUT2D eigenvalue weighted by molar-refractivity contribution is 7.60. The molecular formula is C24H27BN3O10P. The number of nitrogens with one attached hydrogen (secondary N) is 2. The van der Waals surface area contributed by atoms with E-state index in [4.69, 9.17) is 4.65 Å². The number of fused-ring (bicyclic) bond motifs is 1. The van der Waals surface area contributed by atoms with Crippen LogP contribution in [0.3, 0.4) is 0 Å². The predicted octanol–water partition coefficient (Wildman–Crippen LogP) is -0.504. The van der Waals surface area contributed by atoms with Gasteiger partial charge in [0.1, 0.15) is 17.8 Å². The number of para-hydroxylation sites is 1. The maximum Gasteiger partial charge on any atom is 0.547 e. The van der Waals surface area contributed by atoms with E-state index >= 15 is 0 Å². The summed E-state index contributed by atoms with van der Waals surface area (Å²) in [5.74, 6) is -3.89. The minimum atomic E-state index is -4.56. The van der Waals surface area contributed by atoms with Crippen molar-refractivity contribution in [3.05, 3.63) is 59.2 Å². The molecule has 0 aromatic heterocycles. The summed E-state index contributed by atoms with van der Waals surface area (Å²) in [7, 11) is -6.16. The molecule has 206 valence electrons. The second-order valence-corrected chi connectivity index (χ2v) is 11.0. The van der Waals surface area contributed by atoms with Crippen LogP contribution >= 0.6 is 7.60 Å². The van der Waals surface area contributed by atoms with E-state index in [9.17, 15) is 43.7 Å². The summed E-state index contributed by atoms with van der Waals surface area (Å²) in [4.78, 5) is 70.3. The van der Waals surface area contributed by atoms with E-state index in [0.717, 1.165) is 12.1 Å². The highest BCUT2D eigenvalue weighted by atomic mass is 31.2. The third kappa shape index (κ3) is 6.14. The van der Waals surface area contributed by atoms with Crippen molar-refractivity contribution >= 4 is 43.7 Å². The zero-order valence-corrected chi connectivity index (χ0v) is 21.7. The van der Waals surface area contributed by atoms with Gasteiger partial charge >= 0.3 is 20.7 Å². The maximum absolute atomic E-state index is 13.5. The van der Waals surface area contributed by atoms with Gasteiger partial charge in [-0.3, -0.25) is 18.9 Å². The van der Waals surface area contributed by atoms with Gasteiger partial charge < -0.3 is 40.1 Å². The SMILES string of the molecule is CC(=O)N1CCCC1C(=O)NC(C(=O)N[C@H]1Cc2cccc(C(=O)O)c2OB1O)c1ccc(P(=O)(O)O)cc1. The average Bonchev–Trinajstić information content (AvgIpc) is 3.37. The number of hydrogen-bond donors (Lipinski definition) is 6. The van der Waals surface area contributed by atoms with Gasteiger partial charge in [-0.2, -0.15) is 0 Å².